The molecule has 1 saturated heterocycles. The summed E-state index contributed by atoms with van der Waals surface area (Å²) in [5, 5.41) is 13.0. The zero-order chi connectivity index (χ0) is 19.5. The molecule has 1 fully saturated rings. The van der Waals surface area contributed by atoms with Crippen LogP contribution in [0.2, 0.25) is 0 Å². The smallest absolute Gasteiger partial charge is 0.258 e. The standard InChI is InChI=1S/C20H20N6O2/c1-13-7-5-6-10-16(13)18(28)23-20-24-19(22-17(27)14-11-21-12-14)25-26(20)15-8-3-2-4-9-15/h2-10,14,21H,11-12H2,1H3,(H2,22,23,24,25,27,28). The third-order valence-corrected chi connectivity index (χ3v) is 4.61. The molecule has 2 amide bonds. The molecule has 0 spiro atoms. The van der Waals surface area contributed by atoms with E-state index in [1.54, 1.807) is 6.07 Å². The quantitative estimate of drug-likeness (QED) is 0.632. The van der Waals surface area contributed by atoms with Crippen LogP contribution in [0.4, 0.5) is 11.9 Å². The molecule has 0 atom stereocenters. The van der Waals surface area contributed by atoms with Gasteiger partial charge >= 0.3 is 0 Å². The molecule has 8 nitrogen and oxygen atoms in total. The van der Waals surface area contributed by atoms with Crippen molar-refractivity contribution in [2.45, 2.75) is 6.92 Å². The van der Waals surface area contributed by atoms with Gasteiger partial charge in [0.15, 0.2) is 0 Å². The van der Waals surface area contributed by atoms with Crippen LogP contribution in [0, 0.1) is 12.8 Å². The first kappa shape index (κ1) is 17.9. The molecule has 0 radical (unpaired) electrons. The number of aryl methyl sites for hydroxylation is 1. The van der Waals surface area contributed by atoms with Crippen molar-refractivity contribution in [3.05, 3.63) is 65.7 Å². The largest absolute Gasteiger partial charge is 0.315 e. The maximum absolute atomic E-state index is 12.7. The van der Waals surface area contributed by atoms with Crippen molar-refractivity contribution in [2.75, 3.05) is 23.7 Å². The van der Waals surface area contributed by atoms with E-state index in [1.165, 1.54) is 4.68 Å². The number of nitrogens with one attached hydrogen (secondary N) is 3. The lowest BCUT2D eigenvalue weighted by molar-refractivity contribution is -0.121. The van der Waals surface area contributed by atoms with E-state index in [0.29, 0.717) is 18.7 Å². The number of nitrogens with zero attached hydrogens (tertiary/aromatic N) is 3. The predicted molar refractivity (Wildman–Crippen MR) is 105 cm³/mol. The van der Waals surface area contributed by atoms with Gasteiger partial charge in [-0.05, 0) is 30.7 Å². The van der Waals surface area contributed by atoms with Gasteiger partial charge in [0.25, 0.3) is 11.9 Å². The van der Waals surface area contributed by atoms with E-state index in [4.69, 9.17) is 0 Å². The summed E-state index contributed by atoms with van der Waals surface area (Å²) in [6, 6.07) is 16.6. The second-order valence-electron chi connectivity index (χ2n) is 6.62. The monoisotopic (exact) mass is 376 g/mol. The van der Waals surface area contributed by atoms with Gasteiger partial charge in [-0.3, -0.25) is 20.2 Å². The van der Waals surface area contributed by atoms with E-state index in [9.17, 15) is 9.59 Å². The molecule has 2 heterocycles. The van der Waals surface area contributed by atoms with Crippen LogP contribution in [0.3, 0.4) is 0 Å². The van der Waals surface area contributed by atoms with Crippen molar-refractivity contribution >= 4 is 23.7 Å². The highest BCUT2D eigenvalue weighted by molar-refractivity contribution is 6.04. The highest BCUT2D eigenvalue weighted by Gasteiger charge is 2.26. The first-order valence-electron chi connectivity index (χ1n) is 9.03. The zero-order valence-electron chi connectivity index (χ0n) is 15.3. The maximum Gasteiger partial charge on any atom is 0.258 e. The number of hydrogen-bond acceptors (Lipinski definition) is 5. The number of amides is 2. The summed E-state index contributed by atoms with van der Waals surface area (Å²) in [6.45, 7) is 3.15. The van der Waals surface area contributed by atoms with Crippen molar-refractivity contribution in [3.8, 4) is 5.69 Å². The molecule has 3 N–H and O–H groups in total. The van der Waals surface area contributed by atoms with Gasteiger partial charge in [0.1, 0.15) is 0 Å². The van der Waals surface area contributed by atoms with Crippen molar-refractivity contribution < 1.29 is 9.59 Å². The molecule has 0 aliphatic carbocycles. The second kappa shape index (κ2) is 7.61. The van der Waals surface area contributed by atoms with Crippen molar-refractivity contribution in [1.82, 2.24) is 20.1 Å². The summed E-state index contributed by atoms with van der Waals surface area (Å²) in [5.74, 6) is -0.125. The Morgan fingerprint density at radius 3 is 2.43 bits per heavy atom. The van der Waals surface area contributed by atoms with Crippen LogP contribution in [-0.2, 0) is 4.79 Å². The van der Waals surface area contributed by atoms with E-state index < -0.39 is 0 Å². The number of hydrogen-bond donors (Lipinski definition) is 3. The number of anilines is 2. The molecule has 1 aromatic heterocycles. The van der Waals surface area contributed by atoms with Gasteiger partial charge in [0.05, 0.1) is 11.6 Å². The topological polar surface area (TPSA) is 101 Å². The predicted octanol–water partition coefficient (Wildman–Crippen LogP) is 1.99. The molecule has 28 heavy (non-hydrogen) atoms. The fraction of sp³-hybridized carbons (Fsp3) is 0.200. The van der Waals surface area contributed by atoms with Crippen LogP contribution >= 0.6 is 0 Å². The van der Waals surface area contributed by atoms with Crippen LogP contribution in [0.15, 0.2) is 54.6 Å². The number of aromatic nitrogens is 3. The number of carbonyl (C=O) groups excluding carboxylic acids is 2. The Morgan fingerprint density at radius 2 is 1.75 bits per heavy atom. The van der Waals surface area contributed by atoms with Crippen molar-refractivity contribution in [2.24, 2.45) is 5.92 Å². The Kier molecular flexibility index (Phi) is 4.86. The Morgan fingerprint density at radius 1 is 1.04 bits per heavy atom. The summed E-state index contributed by atoms with van der Waals surface area (Å²) < 4.78 is 1.50. The molecule has 1 aliphatic rings. The molecule has 2 aromatic carbocycles. The Bertz CT molecular complexity index is 1010. The fourth-order valence-electron chi connectivity index (χ4n) is 2.88. The van der Waals surface area contributed by atoms with E-state index in [-0.39, 0.29) is 29.6 Å². The minimum absolute atomic E-state index is 0.0892. The first-order valence-corrected chi connectivity index (χ1v) is 9.03. The number of carbonyl (C=O) groups is 2. The molecule has 3 aromatic rings. The van der Waals surface area contributed by atoms with E-state index in [1.807, 2.05) is 55.5 Å². The number of benzene rings is 2. The molecule has 1 aliphatic heterocycles. The molecule has 0 unspecified atom stereocenters. The van der Waals surface area contributed by atoms with Crippen LogP contribution in [0.25, 0.3) is 5.69 Å². The normalized spacial score (nSPS) is 13.6. The third-order valence-electron chi connectivity index (χ3n) is 4.61. The van der Waals surface area contributed by atoms with E-state index in [2.05, 4.69) is 26.0 Å². The van der Waals surface area contributed by atoms with Gasteiger partial charge in [-0.15, -0.1) is 5.10 Å². The average Bonchev–Trinajstić information content (AvgIpc) is 3.03. The SMILES string of the molecule is Cc1ccccc1C(=O)Nc1nc(NC(=O)C2CNC2)nn1-c1ccccc1. The zero-order valence-corrected chi connectivity index (χ0v) is 15.3. The highest BCUT2D eigenvalue weighted by atomic mass is 16.2. The Hall–Kier alpha value is -3.52. The lowest BCUT2D eigenvalue weighted by Crippen LogP contribution is -2.48. The lowest BCUT2D eigenvalue weighted by atomic mass is 10.0. The second-order valence-corrected chi connectivity index (χ2v) is 6.62. The van der Waals surface area contributed by atoms with Gasteiger partial charge in [0, 0.05) is 18.7 Å². The Labute approximate surface area is 162 Å². The van der Waals surface area contributed by atoms with Gasteiger partial charge < -0.3 is 5.32 Å². The number of rotatable bonds is 5. The van der Waals surface area contributed by atoms with Crippen LogP contribution in [0.1, 0.15) is 15.9 Å². The van der Waals surface area contributed by atoms with E-state index in [0.717, 1.165) is 11.3 Å². The summed E-state index contributed by atoms with van der Waals surface area (Å²) >= 11 is 0. The molecule has 0 saturated carbocycles. The van der Waals surface area contributed by atoms with Gasteiger partial charge in [-0.25, -0.2) is 0 Å². The molecule has 4 rings (SSSR count). The van der Waals surface area contributed by atoms with Crippen LogP contribution in [0.5, 0.6) is 0 Å². The Balaban J connectivity index is 1.63. The van der Waals surface area contributed by atoms with Crippen LogP contribution in [-0.4, -0.2) is 39.7 Å². The van der Waals surface area contributed by atoms with Crippen molar-refractivity contribution in [1.29, 1.82) is 0 Å². The van der Waals surface area contributed by atoms with Crippen LogP contribution < -0.4 is 16.0 Å². The first-order chi connectivity index (χ1) is 13.6. The minimum Gasteiger partial charge on any atom is -0.315 e. The number of para-hydroxylation sites is 1. The van der Waals surface area contributed by atoms with E-state index >= 15 is 0 Å². The van der Waals surface area contributed by atoms with Gasteiger partial charge in [0.2, 0.25) is 11.9 Å². The highest BCUT2D eigenvalue weighted by Crippen LogP contribution is 2.18. The lowest BCUT2D eigenvalue weighted by Gasteiger charge is -2.24. The molecular formula is C20H20N6O2. The third kappa shape index (κ3) is 3.63. The molecule has 8 heteroatoms. The summed E-state index contributed by atoms with van der Waals surface area (Å²) in [6.07, 6.45) is 0. The summed E-state index contributed by atoms with van der Waals surface area (Å²) in [7, 11) is 0. The van der Waals surface area contributed by atoms with Crippen molar-refractivity contribution in [3.63, 3.8) is 0 Å². The van der Waals surface area contributed by atoms with Gasteiger partial charge in [-0.1, -0.05) is 36.4 Å². The minimum atomic E-state index is -0.288. The van der Waals surface area contributed by atoms with Gasteiger partial charge in [-0.2, -0.15) is 9.67 Å². The molecular weight excluding hydrogens is 356 g/mol. The maximum atomic E-state index is 12.7. The average molecular weight is 376 g/mol. The fourth-order valence-corrected chi connectivity index (χ4v) is 2.88. The molecule has 0 bridgehead atoms. The summed E-state index contributed by atoms with van der Waals surface area (Å²) in [5.41, 5.74) is 2.13. The summed E-state index contributed by atoms with van der Waals surface area (Å²) in [4.78, 5) is 29.3. The molecule has 142 valence electrons.